The Morgan fingerprint density at radius 1 is 1.30 bits per heavy atom. The van der Waals surface area contributed by atoms with Crippen molar-refractivity contribution in [3.05, 3.63) is 29.8 Å². The van der Waals surface area contributed by atoms with Crippen molar-refractivity contribution in [3.8, 4) is 5.75 Å². The monoisotopic (exact) mass is 276 g/mol. The van der Waals surface area contributed by atoms with Gasteiger partial charge in [-0.25, -0.2) is 0 Å². The van der Waals surface area contributed by atoms with Crippen LogP contribution in [0.1, 0.15) is 44.7 Å². The van der Waals surface area contributed by atoms with Crippen molar-refractivity contribution in [2.75, 3.05) is 26.7 Å². The van der Waals surface area contributed by atoms with Crippen LogP contribution in [0.4, 0.5) is 0 Å². The first-order valence-corrected chi connectivity index (χ1v) is 7.87. The van der Waals surface area contributed by atoms with Crippen molar-refractivity contribution in [2.24, 2.45) is 0 Å². The fourth-order valence-electron chi connectivity index (χ4n) is 2.85. The van der Waals surface area contributed by atoms with E-state index in [1.807, 2.05) is 6.92 Å². The molecule has 2 unspecified atom stereocenters. The number of likely N-dealkylation sites (N-methyl/N-ethyl adjacent to an activating group) is 1. The number of hydrogen-bond acceptors (Lipinski definition) is 3. The number of nitrogens with one attached hydrogen (secondary N) is 1. The van der Waals surface area contributed by atoms with Gasteiger partial charge in [-0.2, -0.15) is 0 Å². The lowest BCUT2D eigenvalue weighted by Crippen LogP contribution is -2.43. The maximum atomic E-state index is 5.48. The third-order valence-electron chi connectivity index (χ3n) is 4.27. The number of hydrogen-bond donors (Lipinski definition) is 1. The summed E-state index contributed by atoms with van der Waals surface area (Å²) in [5.74, 6) is 0.954. The Morgan fingerprint density at radius 2 is 2.05 bits per heavy atom. The maximum absolute atomic E-state index is 5.48. The second-order valence-corrected chi connectivity index (χ2v) is 5.76. The van der Waals surface area contributed by atoms with Crippen molar-refractivity contribution in [1.29, 1.82) is 0 Å². The fraction of sp³-hybridized carbons (Fsp3) is 0.647. The summed E-state index contributed by atoms with van der Waals surface area (Å²) < 4.78 is 5.48. The topological polar surface area (TPSA) is 24.5 Å². The van der Waals surface area contributed by atoms with Gasteiger partial charge in [-0.1, -0.05) is 18.6 Å². The molecular weight excluding hydrogens is 248 g/mol. The summed E-state index contributed by atoms with van der Waals surface area (Å²) in [6.45, 7) is 7.28. The van der Waals surface area contributed by atoms with Crippen LogP contribution in [0, 0.1) is 0 Å². The van der Waals surface area contributed by atoms with Crippen molar-refractivity contribution < 1.29 is 4.74 Å². The highest BCUT2D eigenvalue weighted by Crippen LogP contribution is 2.19. The largest absolute Gasteiger partial charge is 0.494 e. The van der Waals surface area contributed by atoms with Crippen LogP contribution in [0.25, 0.3) is 0 Å². The lowest BCUT2D eigenvalue weighted by atomic mass is 10.0. The standard InChI is InChI=1S/C17H28N2O/c1-4-20-17-10-8-15(9-11-17)14(2)18-13-16-7-5-6-12-19(16)3/h8-11,14,16,18H,4-7,12-13H2,1-3H3. The molecule has 3 nitrogen and oxygen atoms in total. The molecule has 1 aromatic rings. The molecule has 20 heavy (non-hydrogen) atoms. The van der Waals surface area contributed by atoms with Crippen LogP contribution in [0.3, 0.4) is 0 Å². The van der Waals surface area contributed by atoms with Gasteiger partial charge >= 0.3 is 0 Å². The Balaban J connectivity index is 1.83. The van der Waals surface area contributed by atoms with Gasteiger partial charge in [0.25, 0.3) is 0 Å². The van der Waals surface area contributed by atoms with E-state index in [1.54, 1.807) is 0 Å². The van der Waals surface area contributed by atoms with Crippen LogP contribution < -0.4 is 10.1 Å². The van der Waals surface area contributed by atoms with Crippen LogP contribution in [-0.2, 0) is 0 Å². The molecule has 0 aromatic heterocycles. The van der Waals surface area contributed by atoms with Crippen LogP contribution in [0.2, 0.25) is 0 Å². The minimum Gasteiger partial charge on any atom is -0.494 e. The van der Waals surface area contributed by atoms with E-state index in [-0.39, 0.29) is 0 Å². The zero-order valence-corrected chi connectivity index (χ0v) is 13.1. The Morgan fingerprint density at radius 3 is 2.70 bits per heavy atom. The Hall–Kier alpha value is -1.06. The van der Waals surface area contributed by atoms with Crippen LogP contribution in [0.5, 0.6) is 5.75 Å². The number of ether oxygens (including phenoxy) is 1. The highest BCUT2D eigenvalue weighted by Gasteiger charge is 2.19. The van der Waals surface area contributed by atoms with Crippen molar-refractivity contribution in [3.63, 3.8) is 0 Å². The summed E-state index contributed by atoms with van der Waals surface area (Å²) in [6, 6.07) is 9.52. The van der Waals surface area contributed by atoms with Crippen molar-refractivity contribution >= 4 is 0 Å². The average molecular weight is 276 g/mol. The number of piperidine rings is 1. The fourth-order valence-corrected chi connectivity index (χ4v) is 2.85. The number of rotatable bonds is 6. The molecule has 0 amide bonds. The van der Waals surface area contributed by atoms with Gasteiger partial charge < -0.3 is 15.0 Å². The molecule has 1 fully saturated rings. The van der Waals surface area contributed by atoms with Gasteiger partial charge in [0, 0.05) is 18.6 Å². The second kappa shape index (κ2) is 7.65. The average Bonchev–Trinajstić information content (AvgIpc) is 2.47. The van der Waals surface area contributed by atoms with Crippen LogP contribution >= 0.6 is 0 Å². The molecule has 2 atom stereocenters. The SMILES string of the molecule is CCOc1ccc(C(C)NCC2CCCCN2C)cc1. The van der Waals surface area contributed by atoms with E-state index in [0.717, 1.165) is 18.9 Å². The van der Waals surface area contributed by atoms with Gasteiger partial charge in [0.2, 0.25) is 0 Å². The van der Waals surface area contributed by atoms with E-state index in [9.17, 15) is 0 Å². The summed E-state index contributed by atoms with van der Waals surface area (Å²) in [4.78, 5) is 2.49. The lowest BCUT2D eigenvalue weighted by Gasteiger charge is -2.33. The highest BCUT2D eigenvalue weighted by atomic mass is 16.5. The summed E-state index contributed by atoms with van der Waals surface area (Å²) >= 11 is 0. The molecule has 2 rings (SSSR count). The quantitative estimate of drug-likeness (QED) is 0.863. The van der Waals surface area contributed by atoms with Crippen molar-refractivity contribution in [2.45, 2.75) is 45.2 Å². The summed E-state index contributed by atoms with van der Waals surface area (Å²) in [5, 5.41) is 3.67. The zero-order chi connectivity index (χ0) is 14.4. The first kappa shape index (κ1) is 15.3. The predicted octanol–water partition coefficient (Wildman–Crippen LogP) is 3.22. The molecule has 1 aromatic carbocycles. The van der Waals surface area contributed by atoms with E-state index < -0.39 is 0 Å². The normalized spacial score (nSPS) is 21.6. The molecule has 0 spiro atoms. The summed E-state index contributed by atoms with van der Waals surface area (Å²) in [5.41, 5.74) is 1.33. The smallest absolute Gasteiger partial charge is 0.119 e. The summed E-state index contributed by atoms with van der Waals surface area (Å²) in [6.07, 6.45) is 4.04. The van der Waals surface area contributed by atoms with Gasteiger partial charge in [-0.3, -0.25) is 0 Å². The molecule has 0 bridgehead atoms. The molecule has 0 radical (unpaired) electrons. The van der Waals surface area contributed by atoms with Crippen LogP contribution in [0.15, 0.2) is 24.3 Å². The molecular formula is C17H28N2O. The first-order chi connectivity index (χ1) is 9.70. The van der Waals surface area contributed by atoms with Crippen LogP contribution in [-0.4, -0.2) is 37.7 Å². The van der Waals surface area contributed by atoms with Gasteiger partial charge in [-0.15, -0.1) is 0 Å². The summed E-state index contributed by atoms with van der Waals surface area (Å²) in [7, 11) is 2.24. The van der Waals surface area contributed by atoms with E-state index in [4.69, 9.17) is 4.74 Å². The van der Waals surface area contributed by atoms with E-state index >= 15 is 0 Å². The zero-order valence-electron chi connectivity index (χ0n) is 13.1. The Labute approximate surface area is 123 Å². The molecule has 1 heterocycles. The molecule has 1 N–H and O–H groups in total. The van der Waals surface area contributed by atoms with Gasteiger partial charge in [0.15, 0.2) is 0 Å². The Bertz CT molecular complexity index is 390. The third-order valence-corrected chi connectivity index (χ3v) is 4.27. The minimum atomic E-state index is 0.390. The van der Waals surface area contributed by atoms with E-state index in [2.05, 4.69) is 48.5 Å². The molecule has 1 aliphatic heterocycles. The van der Waals surface area contributed by atoms with Gasteiger partial charge in [0.05, 0.1) is 6.61 Å². The molecule has 0 aliphatic carbocycles. The van der Waals surface area contributed by atoms with Gasteiger partial charge in [-0.05, 0) is 58.0 Å². The lowest BCUT2D eigenvalue weighted by molar-refractivity contribution is 0.178. The molecule has 112 valence electrons. The Kier molecular flexibility index (Phi) is 5.86. The van der Waals surface area contributed by atoms with Crippen molar-refractivity contribution in [1.82, 2.24) is 10.2 Å². The molecule has 1 saturated heterocycles. The maximum Gasteiger partial charge on any atom is 0.119 e. The second-order valence-electron chi connectivity index (χ2n) is 5.76. The van der Waals surface area contributed by atoms with Gasteiger partial charge in [0.1, 0.15) is 5.75 Å². The molecule has 3 heteroatoms. The third kappa shape index (κ3) is 4.22. The molecule has 0 saturated carbocycles. The minimum absolute atomic E-state index is 0.390. The first-order valence-electron chi connectivity index (χ1n) is 7.87. The highest BCUT2D eigenvalue weighted by molar-refractivity contribution is 5.28. The number of benzene rings is 1. The predicted molar refractivity (Wildman–Crippen MR) is 84.3 cm³/mol. The van der Waals surface area contributed by atoms with E-state index in [1.165, 1.54) is 31.4 Å². The number of likely N-dealkylation sites (tertiary alicyclic amines) is 1. The molecule has 1 aliphatic rings. The number of nitrogens with zero attached hydrogens (tertiary/aromatic N) is 1. The van der Waals surface area contributed by atoms with E-state index in [0.29, 0.717) is 12.1 Å².